The minimum absolute atomic E-state index is 1.10. The predicted molar refractivity (Wildman–Crippen MR) is 481 cm³/mol. The first-order chi connectivity index (χ1) is 56.6. The lowest BCUT2D eigenvalue weighted by atomic mass is 10.00. The van der Waals surface area contributed by atoms with Crippen LogP contribution in [0, 0.1) is 0 Å². The lowest BCUT2D eigenvalue weighted by molar-refractivity contribution is 1.15. The van der Waals surface area contributed by atoms with Crippen molar-refractivity contribution in [2.24, 2.45) is 0 Å². The Morgan fingerprint density at radius 3 is 0.789 bits per heavy atom. The number of rotatable bonds is 14. The molecule has 22 aromatic rings. The number of fused-ring (bicyclic) bond motifs is 14. The molecule has 22 rings (SSSR count). The first kappa shape index (κ1) is 66.9. The van der Waals surface area contributed by atoms with Crippen molar-refractivity contribution in [3.8, 4) is 67.3 Å². The summed E-state index contributed by atoms with van der Waals surface area (Å²) in [6.07, 6.45) is 0. The maximum atomic E-state index is 2.48. The Bertz CT molecular complexity index is 7190. The van der Waals surface area contributed by atoms with E-state index in [1.54, 1.807) is 0 Å². The molecule has 0 saturated heterocycles. The van der Waals surface area contributed by atoms with E-state index in [2.05, 4.69) is 477 Å². The Morgan fingerprint density at radius 2 is 0.404 bits per heavy atom. The molecule has 0 atom stereocenters. The molecule has 0 aliphatic carbocycles. The third-order valence-corrected chi connectivity index (χ3v) is 22.6. The summed E-state index contributed by atoms with van der Waals surface area (Å²) in [5, 5.41) is 9.90. The molecule has 0 N–H and O–H groups in total. The van der Waals surface area contributed by atoms with Gasteiger partial charge < -0.3 is 28.1 Å². The second-order valence-electron chi connectivity index (χ2n) is 29.2. The lowest BCUT2D eigenvalue weighted by Gasteiger charge is -2.25. The number of hydrogen-bond donors (Lipinski definition) is 0. The SMILES string of the molecule is c1ccc(-c2ccc(-c3cccc(-n4c5ccccc5c5ccc6c(c7ccccc7n6-c6ccc(N(c7ccccc7)c7ccccc7)cc6)c54)c3)cc2)cc1.c1ccc(-c2ccc(-c3cccc(-n4c5ccccc5c5ccc6c7ccccc7n(-c7ccc(N(c8ccccc8)c8ccccc8)cc7)c6c54)c3)cc2)cc1. The normalized spacial score (nSPS) is 11.5. The fourth-order valence-electron chi connectivity index (χ4n) is 17.4. The molecular weight excluding hydrogens is 1380 g/mol. The number of hydrogen-bond acceptors (Lipinski definition) is 2. The van der Waals surface area contributed by atoms with Gasteiger partial charge >= 0.3 is 0 Å². The smallest absolute Gasteiger partial charge is 0.0788 e. The molecule has 0 unspecified atom stereocenters. The molecule has 0 spiro atoms. The standard InChI is InChI=1S/2C54H37N3/c1-4-15-38(16-5-1)39-27-29-40(30-28-39)41-17-14-22-46(37-41)57-50-25-12-10-23-47(50)48-35-36-52-53(54(48)57)49-24-11-13-26-51(49)56(52)45-33-31-44(32-34-45)55(42-18-6-2-7-19-42)43-20-8-3-9-21-43;1-4-15-38(16-5-1)39-27-29-40(30-28-39)41-17-14-22-46(37-41)57-52-26-13-11-24-48(52)50-36-35-49-47-23-10-12-25-51(47)56(53(49)54(50)57)45-33-31-44(32-34-45)55(42-18-6-2-7-19-42)43-20-8-3-9-21-43/h2*1-37H. The van der Waals surface area contributed by atoms with E-state index in [0.717, 1.165) is 56.9 Å². The van der Waals surface area contributed by atoms with Crippen LogP contribution in [0.4, 0.5) is 34.1 Å². The highest BCUT2D eigenvalue weighted by Gasteiger charge is 2.25. The molecule has 0 saturated carbocycles. The van der Waals surface area contributed by atoms with Gasteiger partial charge in [0.2, 0.25) is 0 Å². The first-order valence-electron chi connectivity index (χ1n) is 39.0. The van der Waals surface area contributed by atoms with Crippen LogP contribution in [-0.2, 0) is 0 Å². The van der Waals surface area contributed by atoms with Gasteiger partial charge in [-0.1, -0.05) is 297 Å². The molecule has 4 heterocycles. The van der Waals surface area contributed by atoms with E-state index >= 15 is 0 Å². The largest absolute Gasteiger partial charge is 0.311 e. The Hall–Kier alpha value is -15.2. The summed E-state index contributed by atoms with van der Waals surface area (Å²) in [7, 11) is 0. The number of nitrogens with zero attached hydrogens (tertiary/aromatic N) is 6. The van der Waals surface area contributed by atoms with E-state index in [9.17, 15) is 0 Å². The molecule has 0 fully saturated rings. The molecular formula is C108H74N6. The summed E-state index contributed by atoms with van der Waals surface area (Å²) in [5.41, 5.74) is 30.4. The Morgan fingerprint density at radius 1 is 0.140 bits per heavy atom. The molecule has 6 nitrogen and oxygen atoms in total. The van der Waals surface area contributed by atoms with Crippen LogP contribution in [0.5, 0.6) is 0 Å². The van der Waals surface area contributed by atoms with Gasteiger partial charge in [-0.2, -0.15) is 0 Å². The van der Waals surface area contributed by atoms with Crippen LogP contribution < -0.4 is 9.80 Å². The molecule has 0 bridgehead atoms. The van der Waals surface area contributed by atoms with E-state index in [0.29, 0.717) is 0 Å². The molecule has 0 radical (unpaired) electrons. The highest BCUT2D eigenvalue weighted by atomic mass is 15.2. The van der Waals surface area contributed by atoms with Crippen molar-refractivity contribution in [1.29, 1.82) is 0 Å². The molecule has 0 aliphatic heterocycles. The molecule has 0 aliphatic rings. The van der Waals surface area contributed by atoms with Gasteiger partial charge in [0.15, 0.2) is 0 Å². The second kappa shape index (κ2) is 28.6. The average molecular weight is 1460 g/mol. The van der Waals surface area contributed by atoms with Crippen molar-refractivity contribution in [2.45, 2.75) is 0 Å². The molecule has 114 heavy (non-hydrogen) atoms. The van der Waals surface area contributed by atoms with Crippen LogP contribution in [0.25, 0.3) is 154 Å². The van der Waals surface area contributed by atoms with E-state index in [1.165, 1.54) is 132 Å². The van der Waals surface area contributed by atoms with Crippen LogP contribution in [0.15, 0.2) is 449 Å². The van der Waals surface area contributed by atoms with Gasteiger partial charge in [0.25, 0.3) is 0 Å². The van der Waals surface area contributed by atoms with Crippen LogP contribution >= 0.6 is 0 Å². The van der Waals surface area contributed by atoms with Crippen molar-refractivity contribution in [1.82, 2.24) is 18.3 Å². The van der Waals surface area contributed by atoms with Crippen LogP contribution in [0.1, 0.15) is 0 Å². The summed E-state index contributed by atoms with van der Waals surface area (Å²) >= 11 is 0. The summed E-state index contributed by atoms with van der Waals surface area (Å²) < 4.78 is 9.85. The second-order valence-corrected chi connectivity index (χ2v) is 29.2. The van der Waals surface area contributed by atoms with Crippen LogP contribution in [0.3, 0.4) is 0 Å². The molecule has 18 aromatic carbocycles. The van der Waals surface area contributed by atoms with Gasteiger partial charge in [0, 0.05) is 100.0 Å². The predicted octanol–water partition coefficient (Wildman–Crippen LogP) is 29.4. The Balaban J connectivity index is 0.000000143. The van der Waals surface area contributed by atoms with Crippen molar-refractivity contribution >= 4 is 121 Å². The third kappa shape index (κ3) is 11.8. The van der Waals surface area contributed by atoms with E-state index in [4.69, 9.17) is 0 Å². The Kier molecular flexibility index (Phi) is 16.8. The molecule has 0 amide bonds. The summed E-state index contributed by atoms with van der Waals surface area (Å²) in [6, 6.07) is 162. The maximum Gasteiger partial charge on any atom is 0.0788 e. The number of anilines is 6. The number of aromatic nitrogens is 4. The van der Waals surface area contributed by atoms with Gasteiger partial charge in [-0.25, -0.2) is 0 Å². The van der Waals surface area contributed by atoms with Gasteiger partial charge in [0.1, 0.15) is 0 Å². The highest BCUT2D eigenvalue weighted by molar-refractivity contribution is 6.27. The zero-order valence-corrected chi connectivity index (χ0v) is 62.4. The zero-order valence-electron chi connectivity index (χ0n) is 62.4. The first-order valence-corrected chi connectivity index (χ1v) is 39.0. The quantitative estimate of drug-likeness (QED) is 0.108. The van der Waals surface area contributed by atoms with Crippen molar-refractivity contribution in [3.63, 3.8) is 0 Å². The number of benzene rings is 18. The van der Waals surface area contributed by atoms with E-state index < -0.39 is 0 Å². The van der Waals surface area contributed by atoms with E-state index in [1.807, 2.05) is 0 Å². The van der Waals surface area contributed by atoms with Crippen molar-refractivity contribution in [3.05, 3.63) is 449 Å². The topological polar surface area (TPSA) is 26.2 Å². The van der Waals surface area contributed by atoms with Crippen LogP contribution in [-0.4, -0.2) is 18.3 Å². The lowest BCUT2D eigenvalue weighted by Crippen LogP contribution is -2.09. The van der Waals surface area contributed by atoms with E-state index in [-0.39, 0.29) is 0 Å². The van der Waals surface area contributed by atoms with Crippen molar-refractivity contribution in [2.75, 3.05) is 9.80 Å². The molecule has 4 aromatic heterocycles. The highest BCUT2D eigenvalue weighted by Crippen LogP contribution is 2.47. The summed E-state index contributed by atoms with van der Waals surface area (Å²) in [5.74, 6) is 0. The monoisotopic (exact) mass is 1450 g/mol. The maximum absolute atomic E-state index is 2.48. The summed E-state index contributed by atoms with van der Waals surface area (Å²) in [4.78, 5) is 4.62. The molecule has 6 heteroatoms. The zero-order chi connectivity index (χ0) is 75.4. The third-order valence-electron chi connectivity index (χ3n) is 22.6. The minimum Gasteiger partial charge on any atom is -0.311 e. The average Bonchev–Trinajstić information content (AvgIpc) is 1.55. The number of para-hydroxylation sites is 8. The fourth-order valence-corrected chi connectivity index (χ4v) is 17.4. The van der Waals surface area contributed by atoms with Crippen LogP contribution in [0.2, 0.25) is 0 Å². The van der Waals surface area contributed by atoms with Gasteiger partial charge in [-0.15, -0.1) is 0 Å². The van der Waals surface area contributed by atoms with Gasteiger partial charge in [-0.3, -0.25) is 0 Å². The fraction of sp³-hybridized carbons (Fsp3) is 0. The Labute approximate surface area is 661 Å². The minimum atomic E-state index is 1.10. The molecule has 536 valence electrons. The van der Waals surface area contributed by atoms with Gasteiger partial charge in [0.05, 0.1) is 44.1 Å². The van der Waals surface area contributed by atoms with Gasteiger partial charge in [-0.05, 0) is 196 Å². The summed E-state index contributed by atoms with van der Waals surface area (Å²) in [6.45, 7) is 0. The van der Waals surface area contributed by atoms with Crippen molar-refractivity contribution < 1.29 is 0 Å².